The number of hydrogen-bond acceptors (Lipinski definition) is 3. The summed E-state index contributed by atoms with van der Waals surface area (Å²) in [5.74, 6) is -1.13. The van der Waals surface area contributed by atoms with Gasteiger partial charge in [-0.15, -0.1) is 0 Å². The van der Waals surface area contributed by atoms with Crippen molar-refractivity contribution in [2.45, 2.75) is 18.4 Å². The molecule has 1 aromatic carbocycles. The molecule has 3 nitrogen and oxygen atoms in total. The fourth-order valence-electron chi connectivity index (χ4n) is 2.35. The van der Waals surface area contributed by atoms with Crippen molar-refractivity contribution >= 4 is 5.69 Å². The van der Waals surface area contributed by atoms with E-state index in [9.17, 15) is 13.9 Å². The molecule has 0 atom stereocenters. The molecular weight excluding hydrogens is 240 g/mol. The predicted octanol–water partition coefficient (Wildman–Crippen LogP) is 1.94. The van der Waals surface area contributed by atoms with Crippen LogP contribution in [0.1, 0.15) is 12.8 Å². The van der Waals surface area contributed by atoms with Gasteiger partial charge in [-0.25, -0.2) is 8.78 Å². The number of nitrogens with zero attached hydrogens (tertiary/aromatic N) is 1. The summed E-state index contributed by atoms with van der Waals surface area (Å²) in [4.78, 5) is 1.63. The van der Waals surface area contributed by atoms with Crippen LogP contribution in [0.15, 0.2) is 18.2 Å². The van der Waals surface area contributed by atoms with Crippen molar-refractivity contribution in [2.24, 2.45) is 0 Å². The number of methoxy groups -OCH3 is 1. The lowest BCUT2D eigenvalue weighted by atomic mass is 9.92. The number of rotatable bonds is 3. The van der Waals surface area contributed by atoms with Gasteiger partial charge in [0, 0.05) is 20.2 Å². The fraction of sp³-hybridized carbons (Fsp3) is 0.538. The van der Waals surface area contributed by atoms with Crippen LogP contribution < -0.4 is 4.90 Å². The maximum Gasteiger partial charge on any atom is 0.149 e. The smallest absolute Gasteiger partial charge is 0.149 e. The Kier molecular flexibility index (Phi) is 3.82. The molecule has 0 radical (unpaired) electrons. The SMILES string of the molecule is COCC1(O)CCN(c2c(F)cccc2F)CC1. The van der Waals surface area contributed by atoms with Crippen molar-refractivity contribution < 1.29 is 18.6 Å². The van der Waals surface area contributed by atoms with E-state index >= 15 is 0 Å². The first-order valence-electron chi connectivity index (χ1n) is 5.96. The van der Waals surface area contributed by atoms with E-state index in [4.69, 9.17) is 4.74 Å². The first-order valence-corrected chi connectivity index (χ1v) is 5.96. The quantitative estimate of drug-likeness (QED) is 0.898. The average Bonchev–Trinajstić information content (AvgIpc) is 2.32. The molecule has 100 valence electrons. The summed E-state index contributed by atoms with van der Waals surface area (Å²) in [7, 11) is 1.53. The lowest BCUT2D eigenvalue weighted by Gasteiger charge is -2.38. The van der Waals surface area contributed by atoms with Crippen LogP contribution in [0.3, 0.4) is 0 Å². The summed E-state index contributed by atoms with van der Waals surface area (Å²) in [5.41, 5.74) is -0.885. The number of aliphatic hydroxyl groups is 1. The van der Waals surface area contributed by atoms with Crippen molar-refractivity contribution in [1.82, 2.24) is 0 Å². The topological polar surface area (TPSA) is 32.7 Å². The van der Waals surface area contributed by atoms with E-state index in [0.29, 0.717) is 25.9 Å². The zero-order valence-corrected chi connectivity index (χ0v) is 10.3. The maximum absolute atomic E-state index is 13.6. The molecule has 1 saturated heterocycles. The van der Waals surface area contributed by atoms with Crippen molar-refractivity contribution in [1.29, 1.82) is 0 Å². The molecule has 0 aromatic heterocycles. The van der Waals surface area contributed by atoms with Crippen molar-refractivity contribution in [3.63, 3.8) is 0 Å². The molecular formula is C13H17F2NO2. The number of ether oxygens (including phenoxy) is 1. The Morgan fingerprint density at radius 1 is 1.28 bits per heavy atom. The second kappa shape index (κ2) is 5.20. The molecule has 5 heteroatoms. The van der Waals surface area contributed by atoms with Gasteiger partial charge in [-0.1, -0.05) is 6.07 Å². The number of benzene rings is 1. The van der Waals surface area contributed by atoms with Crippen molar-refractivity contribution in [2.75, 3.05) is 31.7 Å². The van der Waals surface area contributed by atoms with Gasteiger partial charge in [0.25, 0.3) is 0 Å². The average molecular weight is 257 g/mol. The third-order valence-corrected chi connectivity index (χ3v) is 3.36. The Bertz CT molecular complexity index is 397. The second-order valence-corrected chi connectivity index (χ2v) is 4.71. The monoisotopic (exact) mass is 257 g/mol. The molecule has 0 aliphatic carbocycles. The minimum Gasteiger partial charge on any atom is -0.387 e. The van der Waals surface area contributed by atoms with Crippen molar-refractivity contribution in [3.05, 3.63) is 29.8 Å². The minimum absolute atomic E-state index is 0.00281. The molecule has 0 spiro atoms. The van der Waals surface area contributed by atoms with E-state index in [-0.39, 0.29) is 12.3 Å². The molecule has 1 N–H and O–H groups in total. The lowest BCUT2D eigenvalue weighted by molar-refractivity contribution is -0.0473. The van der Waals surface area contributed by atoms with Gasteiger partial charge in [0.05, 0.1) is 12.2 Å². The summed E-state index contributed by atoms with van der Waals surface area (Å²) in [5, 5.41) is 10.1. The summed E-state index contributed by atoms with van der Waals surface area (Å²) < 4.78 is 32.2. The molecule has 1 aliphatic heterocycles. The van der Waals surface area contributed by atoms with E-state index in [0.717, 1.165) is 0 Å². The fourth-order valence-corrected chi connectivity index (χ4v) is 2.35. The molecule has 0 unspecified atom stereocenters. The van der Waals surface area contributed by atoms with Gasteiger partial charge in [-0.05, 0) is 25.0 Å². The lowest BCUT2D eigenvalue weighted by Crippen LogP contribution is -2.47. The summed E-state index contributed by atoms with van der Waals surface area (Å²) >= 11 is 0. The van der Waals surface area contributed by atoms with Crippen LogP contribution in [0.4, 0.5) is 14.5 Å². The zero-order chi connectivity index (χ0) is 13.2. The molecule has 0 amide bonds. The Labute approximate surface area is 105 Å². The summed E-state index contributed by atoms with van der Waals surface area (Å²) in [6, 6.07) is 3.84. The molecule has 0 saturated carbocycles. The highest BCUT2D eigenvalue weighted by Gasteiger charge is 2.33. The third-order valence-electron chi connectivity index (χ3n) is 3.36. The standard InChI is InChI=1S/C13H17F2NO2/c1-18-9-13(17)5-7-16(8-6-13)12-10(14)3-2-4-11(12)15/h2-4,17H,5-9H2,1H3. The Balaban J connectivity index is 2.10. The van der Waals surface area contributed by atoms with Crippen LogP contribution in [0, 0.1) is 11.6 Å². The summed E-state index contributed by atoms with van der Waals surface area (Å²) in [6.07, 6.45) is 0.878. The number of anilines is 1. The first-order chi connectivity index (χ1) is 8.56. The number of para-hydroxylation sites is 1. The highest BCUT2D eigenvalue weighted by Crippen LogP contribution is 2.29. The molecule has 1 aromatic rings. The van der Waals surface area contributed by atoms with E-state index in [2.05, 4.69) is 0 Å². The van der Waals surface area contributed by atoms with Crippen LogP contribution in [-0.4, -0.2) is 37.5 Å². The zero-order valence-electron chi connectivity index (χ0n) is 10.3. The number of hydrogen-bond donors (Lipinski definition) is 1. The maximum atomic E-state index is 13.6. The first kappa shape index (κ1) is 13.2. The molecule has 1 aliphatic rings. The highest BCUT2D eigenvalue weighted by atomic mass is 19.1. The van der Waals surface area contributed by atoms with Crippen LogP contribution in [-0.2, 0) is 4.74 Å². The van der Waals surface area contributed by atoms with E-state index in [1.165, 1.54) is 25.3 Å². The van der Waals surface area contributed by atoms with Gasteiger partial charge in [0.15, 0.2) is 0 Å². The van der Waals surface area contributed by atoms with Gasteiger partial charge in [-0.2, -0.15) is 0 Å². The second-order valence-electron chi connectivity index (χ2n) is 4.71. The third kappa shape index (κ3) is 2.62. The van der Waals surface area contributed by atoms with Gasteiger partial charge >= 0.3 is 0 Å². The minimum atomic E-state index is -0.882. The van der Waals surface area contributed by atoms with Crippen LogP contribution in [0.2, 0.25) is 0 Å². The predicted molar refractivity (Wildman–Crippen MR) is 64.6 cm³/mol. The van der Waals surface area contributed by atoms with Crippen LogP contribution in [0.25, 0.3) is 0 Å². The Morgan fingerprint density at radius 2 is 1.83 bits per heavy atom. The van der Waals surface area contributed by atoms with Gasteiger partial charge in [-0.3, -0.25) is 0 Å². The Morgan fingerprint density at radius 3 is 2.33 bits per heavy atom. The molecule has 2 rings (SSSR count). The van der Waals surface area contributed by atoms with Crippen molar-refractivity contribution in [3.8, 4) is 0 Å². The van der Waals surface area contributed by atoms with E-state index in [1.54, 1.807) is 4.90 Å². The van der Waals surface area contributed by atoms with Gasteiger partial charge < -0.3 is 14.7 Å². The highest BCUT2D eigenvalue weighted by molar-refractivity contribution is 5.49. The normalized spacial score (nSPS) is 19.0. The molecule has 0 bridgehead atoms. The molecule has 18 heavy (non-hydrogen) atoms. The molecule has 1 heterocycles. The van der Waals surface area contributed by atoms with Crippen LogP contribution in [0.5, 0.6) is 0 Å². The summed E-state index contributed by atoms with van der Waals surface area (Å²) in [6.45, 7) is 1.08. The number of halogens is 2. The van der Waals surface area contributed by atoms with E-state index in [1.807, 2.05) is 0 Å². The largest absolute Gasteiger partial charge is 0.387 e. The Hall–Kier alpha value is -1.20. The van der Waals surface area contributed by atoms with Crippen LogP contribution >= 0.6 is 0 Å². The molecule has 1 fully saturated rings. The number of piperidine rings is 1. The van der Waals surface area contributed by atoms with Gasteiger partial charge in [0.2, 0.25) is 0 Å². The van der Waals surface area contributed by atoms with Gasteiger partial charge in [0.1, 0.15) is 17.3 Å². The van der Waals surface area contributed by atoms with E-state index < -0.39 is 17.2 Å².